The molecule has 0 atom stereocenters. The van der Waals surface area contributed by atoms with Crippen LogP contribution in [0.15, 0.2) is 0 Å². The van der Waals surface area contributed by atoms with E-state index in [0.29, 0.717) is 18.2 Å². The second kappa shape index (κ2) is 3.68. The number of aryl methyl sites for hydroxylation is 1. The van der Waals surface area contributed by atoms with Gasteiger partial charge in [0.15, 0.2) is 5.82 Å². The van der Waals surface area contributed by atoms with E-state index >= 15 is 0 Å². The number of aromatic nitrogens is 3. The SMILES string of the molecule is CC(=O)Cc1nc(C(C)C)n(C)n1. The molecule has 0 aliphatic heterocycles. The van der Waals surface area contributed by atoms with Gasteiger partial charge in [-0.05, 0) is 6.92 Å². The van der Waals surface area contributed by atoms with Gasteiger partial charge in [-0.25, -0.2) is 4.98 Å². The Hall–Kier alpha value is -1.19. The molecule has 4 heteroatoms. The van der Waals surface area contributed by atoms with E-state index in [-0.39, 0.29) is 5.78 Å². The molecular formula is C9H15N3O. The van der Waals surface area contributed by atoms with E-state index in [0.717, 1.165) is 5.82 Å². The van der Waals surface area contributed by atoms with Crippen LogP contribution in [0.1, 0.15) is 38.3 Å². The monoisotopic (exact) mass is 181 g/mol. The van der Waals surface area contributed by atoms with E-state index in [1.807, 2.05) is 7.05 Å². The first-order chi connectivity index (χ1) is 6.00. The summed E-state index contributed by atoms with van der Waals surface area (Å²) in [4.78, 5) is 15.1. The molecule has 0 spiro atoms. The molecule has 13 heavy (non-hydrogen) atoms. The Bertz CT molecular complexity index is 315. The van der Waals surface area contributed by atoms with Crippen molar-refractivity contribution >= 4 is 5.78 Å². The molecule has 0 radical (unpaired) electrons. The van der Waals surface area contributed by atoms with Crippen LogP contribution in [-0.4, -0.2) is 20.5 Å². The summed E-state index contributed by atoms with van der Waals surface area (Å²) in [5.41, 5.74) is 0. The molecule has 0 fully saturated rings. The minimum Gasteiger partial charge on any atom is -0.300 e. The summed E-state index contributed by atoms with van der Waals surface area (Å²) in [6.07, 6.45) is 0.334. The van der Waals surface area contributed by atoms with Gasteiger partial charge in [0, 0.05) is 13.0 Å². The second-order valence-corrected chi connectivity index (χ2v) is 3.54. The number of hydrogen-bond acceptors (Lipinski definition) is 3. The molecule has 0 aliphatic rings. The molecule has 1 aromatic rings. The molecule has 4 nitrogen and oxygen atoms in total. The molecule has 1 rings (SSSR count). The Kier molecular flexibility index (Phi) is 2.80. The maximum atomic E-state index is 10.8. The van der Waals surface area contributed by atoms with E-state index in [4.69, 9.17) is 0 Å². The average Bonchev–Trinajstić information content (AvgIpc) is 2.29. The average molecular weight is 181 g/mol. The van der Waals surface area contributed by atoms with E-state index in [1.165, 1.54) is 0 Å². The third-order valence-electron chi connectivity index (χ3n) is 1.76. The summed E-state index contributed by atoms with van der Waals surface area (Å²) < 4.78 is 1.74. The molecule has 1 heterocycles. The van der Waals surface area contributed by atoms with Crippen molar-refractivity contribution in [3.8, 4) is 0 Å². The Labute approximate surface area is 78.0 Å². The summed E-state index contributed by atoms with van der Waals surface area (Å²) in [7, 11) is 1.85. The van der Waals surface area contributed by atoms with Gasteiger partial charge in [-0.3, -0.25) is 9.48 Å². The van der Waals surface area contributed by atoms with Crippen LogP contribution in [0.2, 0.25) is 0 Å². The van der Waals surface area contributed by atoms with Crippen molar-refractivity contribution < 1.29 is 4.79 Å². The highest BCUT2D eigenvalue weighted by Gasteiger charge is 2.11. The van der Waals surface area contributed by atoms with Gasteiger partial charge in [0.1, 0.15) is 11.6 Å². The van der Waals surface area contributed by atoms with Crippen molar-refractivity contribution in [2.45, 2.75) is 33.1 Å². The van der Waals surface area contributed by atoms with E-state index in [9.17, 15) is 4.79 Å². The van der Waals surface area contributed by atoms with Gasteiger partial charge >= 0.3 is 0 Å². The first-order valence-corrected chi connectivity index (χ1v) is 4.40. The van der Waals surface area contributed by atoms with Crippen LogP contribution in [0.3, 0.4) is 0 Å². The number of hydrogen-bond donors (Lipinski definition) is 0. The normalized spacial score (nSPS) is 10.8. The van der Waals surface area contributed by atoms with Crippen molar-refractivity contribution in [3.63, 3.8) is 0 Å². The zero-order chi connectivity index (χ0) is 10.0. The van der Waals surface area contributed by atoms with Crippen molar-refractivity contribution in [2.75, 3.05) is 0 Å². The van der Waals surface area contributed by atoms with Gasteiger partial charge in [0.05, 0.1) is 6.42 Å². The predicted molar refractivity (Wildman–Crippen MR) is 49.5 cm³/mol. The van der Waals surface area contributed by atoms with Gasteiger partial charge in [-0.1, -0.05) is 13.8 Å². The summed E-state index contributed by atoms with van der Waals surface area (Å²) in [5, 5.41) is 4.16. The topological polar surface area (TPSA) is 47.8 Å². The number of rotatable bonds is 3. The number of ketones is 1. The Morgan fingerprint density at radius 3 is 2.54 bits per heavy atom. The van der Waals surface area contributed by atoms with Gasteiger partial charge in [0.25, 0.3) is 0 Å². The molecule has 0 unspecified atom stereocenters. The summed E-state index contributed by atoms with van der Waals surface area (Å²) >= 11 is 0. The second-order valence-electron chi connectivity index (χ2n) is 3.54. The van der Waals surface area contributed by atoms with Crippen LogP contribution >= 0.6 is 0 Å². The standard InChI is InChI=1S/C9H15N3O/c1-6(2)9-10-8(5-7(3)13)11-12(9)4/h6H,5H2,1-4H3. The molecule has 0 saturated carbocycles. The largest absolute Gasteiger partial charge is 0.300 e. The van der Waals surface area contributed by atoms with E-state index in [2.05, 4.69) is 23.9 Å². The molecule has 1 aromatic heterocycles. The quantitative estimate of drug-likeness (QED) is 0.700. The maximum Gasteiger partial charge on any atom is 0.158 e. The van der Waals surface area contributed by atoms with Crippen LogP contribution in [0.25, 0.3) is 0 Å². The Morgan fingerprint density at radius 2 is 2.15 bits per heavy atom. The van der Waals surface area contributed by atoms with E-state index < -0.39 is 0 Å². The smallest absolute Gasteiger partial charge is 0.158 e. The third kappa shape index (κ3) is 2.37. The highest BCUT2D eigenvalue weighted by molar-refractivity contribution is 5.77. The summed E-state index contributed by atoms with van der Waals surface area (Å²) in [6.45, 7) is 5.66. The van der Waals surface area contributed by atoms with Crippen molar-refractivity contribution in [3.05, 3.63) is 11.6 Å². The lowest BCUT2D eigenvalue weighted by Crippen LogP contribution is -2.00. The molecule has 72 valence electrons. The first kappa shape index (κ1) is 9.89. The van der Waals surface area contributed by atoms with Crippen LogP contribution in [0, 0.1) is 0 Å². The maximum absolute atomic E-state index is 10.8. The summed E-state index contributed by atoms with van der Waals surface area (Å²) in [6, 6.07) is 0. The third-order valence-corrected chi connectivity index (χ3v) is 1.76. The number of carbonyl (C=O) groups excluding carboxylic acids is 1. The molecular weight excluding hydrogens is 166 g/mol. The molecule has 0 saturated heterocycles. The molecule has 0 aromatic carbocycles. The summed E-state index contributed by atoms with van der Waals surface area (Å²) in [5.74, 6) is 1.99. The molecule has 0 aliphatic carbocycles. The zero-order valence-corrected chi connectivity index (χ0v) is 8.53. The minimum atomic E-state index is 0.0981. The van der Waals surface area contributed by atoms with Gasteiger partial charge in [-0.15, -0.1) is 0 Å². The fraction of sp³-hybridized carbons (Fsp3) is 0.667. The van der Waals surface area contributed by atoms with E-state index in [1.54, 1.807) is 11.6 Å². The lowest BCUT2D eigenvalue weighted by molar-refractivity contribution is -0.116. The fourth-order valence-corrected chi connectivity index (χ4v) is 1.25. The molecule has 0 amide bonds. The fourth-order valence-electron chi connectivity index (χ4n) is 1.25. The van der Waals surface area contributed by atoms with Crippen molar-refractivity contribution in [1.82, 2.24) is 14.8 Å². The lowest BCUT2D eigenvalue weighted by Gasteiger charge is -2.00. The highest BCUT2D eigenvalue weighted by atomic mass is 16.1. The number of Topliss-reactive ketones (excluding diaryl/α,β-unsaturated/α-hetero) is 1. The lowest BCUT2D eigenvalue weighted by atomic mass is 10.2. The Morgan fingerprint density at radius 1 is 1.54 bits per heavy atom. The molecule has 0 N–H and O–H groups in total. The number of carbonyl (C=O) groups is 1. The van der Waals surface area contributed by atoms with Gasteiger partial charge < -0.3 is 0 Å². The predicted octanol–water partition coefficient (Wildman–Crippen LogP) is 1.07. The van der Waals surface area contributed by atoms with Crippen molar-refractivity contribution in [2.24, 2.45) is 7.05 Å². The zero-order valence-electron chi connectivity index (χ0n) is 8.53. The van der Waals surface area contributed by atoms with Gasteiger partial charge in [0.2, 0.25) is 0 Å². The van der Waals surface area contributed by atoms with Crippen LogP contribution in [-0.2, 0) is 18.3 Å². The van der Waals surface area contributed by atoms with Crippen LogP contribution in [0.5, 0.6) is 0 Å². The molecule has 0 bridgehead atoms. The highest BCUT2D eigenvalue weighted by Crippen LogP contribution is 2.10. The minimum absolute atomic E-state index is 0.0981. The van der Waals surface area contributed by atoms with Crippen LogP contribution < -0.4 is 0 Å². The van der Waals surface area contributed by atoms with Crippen molar-refractivity contribution in [1.29, 1.82) is 0 Å². The van der Waals surface area contributed by atoms with Crippen LogP contribution in [0.4, 0.5) is 0 Å². The first-order valence-electron chi connectivity index (χ1n) is 4.40. The van der Waals surface area contributed by atoms with Gasteiger partial charge in [-0.2, -0.15) is 5.10 Å². The Balaban J connectivity index is 2.88. The number of nitrogens with zero attached hydrogens (tertiary/aromatic N) is 3.